The Balaban J connectivity index is 3.00. The van der Waals surface area contributed by atoms with Gasteiger partial charge in [-0.15, -0.1) is 0 Å². The minimum atomic E-state index is -4.67. The predicted molar refractivity (Wildman–Crippen MR) is 76.0 cm³/mol. The van der Waals surface area contributed by atoms with E-state index in [9.17, 15) is 27.2 Å². The molecule has 128 valence electrons. The molecule has 23 heavy (non-hydrogen) atoms. The maximum Gasteiger partial charge on any atom is 0.427 e. The van der Waals surface area contributed by atoms with Crippen molar-refractivity contribution in [2.24, 2.45) is 0 Å². The molecule has 3 nitrogen and oxygen atoms in total. The van der Waals surface area contributed by atoms with E-state index in [1.807, 2.05) is 0 Å². The van der Waals surface area contributed by atoms with Crippen molar-refractivity contribution in [2.75, 3.05) is 0 Å². The first-order chi connectivity index (χ1) is 10.5. The van der Waals surface area contributed by atoms with Crippen LogP contribution >= 0.6 is 0 Å². The molecule has 0 unspecified atom stereocenters. The first kappa shape index (κ1) is 19.1. The third-order valence-corrected chi connectivity index (χ3v) is 3.14. The van der Waals surface area contributed by atoms with Gasteiger partial charge in [0.1, 0.15) is 17.3 Å². The summed E-state index contributed by atoms with van der Waals surface area (Å²) in [5.41, 5.74) is -2.73. The first-order valence-electron chi connectivity index (χ1n) is 7.07. The van der Waals surface area contributed by atoms with Crippen molar-refractivity contribution < 1.29 is 31.9 Å². The minimum absolute atomic E-state index is 0.192. The van der Waals surface area contributed by atoms with Crippen LogP contribution in [0, 0.1) is 5.82 Å². The SMILES string of the molecule is CCCC(=O)CC(=O)c1cc(F)cc(OC(C)(C)C(F)(F)F)c1. The Kier molecular flexibility index (Phi) is 5.91. The molecule has 0 heterocycles. The zero-order chi connectivity index (χ0) is 17.8. The topological polar surface area (TPSA) is 43.4 Å². The lowest BCUT2D eigenvalue weighted by atomic mass is 10.0. The van der Waals surface area contributed by atoms with Crippen LogP contribution in [0.5, 0.6) is 5.75 Å². The number of halogens is 4. The maximum atomic E-state index is 13.5. The lowest BCUT2D eigenvalue weighted by molar-refractivity contribution is -0.234. The number of ether oxygens (including phenoxy) is 1. The molecule has 0 aliphatic carbocycles. The summed E-state index contributed by atoms with van der Waals surface area (Å²) in [6.07, 6.45) is -4.30. The van der Waals surface area contributed by atoms with Gasteiger partial charge in [0, 0.05) is 18.1 Å². The summed E-state index contributed by atoms with van der Waals surface area (Å²) in [7, 11) is 0. The van der Waals surface area contributed by atoms with Crippen LogP contribution in [0.4, 0.5) is 17.6 Å². The summed E-state index contributed by atoms with van der Waals surface area (Å²) >= 11 is 0. The van der Waals surface area contributed by atoms with E-state index in [0.29, 0.717) is 6.42 Å². The Morgan fingerprint density at radius 2 is 1.74 bits per heavy atom. The number of alkyl halides is 3. The number of ketones is 2. The van der Waals surface area contributed by atoms with E-state index in [2.05, 4.69) is 0 Å². The van der Waals surface area contributed by atoms with Crippen LogP contribution in [-0.2, 0) is 4.79 Å². The van der Waals surface area contributed by atoms with E-state index < -0.39 is 35.5 Å². The second-order valence-electron chi connectivity index (χ2n) is 5.67. The molecule has 0 spiro atoms. The number of Topliss-reactive ketones (excluding diaryl/α,β-unsaturated/α-hetero) is 2. The van der Waals surface area contributed by atoms with Gasteiger partial charge in [0.25, 0.3) is 0 Å². The smallest absolute Gasteiger partial charge is 0.427 e. The number of hydrogen-bond donors (Lipinski definition) is 0. The van der Waals surface area contributed by atoms with Gasteiger partial charge in [-0.3, -0.25) is 9.59 Å². The molecule has 1 aromatic rings. The quantitative estimate of drug-likeness (QED) is 0.419. The van der Waals surface area contributed by atoms with Gasteiger partial charge in [0.2, 0.25) is 0 Å². The zero-order valence-electron chi connectivity index (χ0n) is 13.1. The molecule has 0 atom stereocenters. The fourth-order valence-electron chi connectivity index (χ4n) is 1.78. The van der Waals surface area contributed by atoms with Crippen LogP contribution in [0.2, 0.25) is 0 Å². The lowest BCUT2D eigenvalue weighted by Gasteiger charge is -2.28. The van der Waals surface area contributed by atoms with Crippen LogP contribution in [0.1, 0.15) is 50.4 Å². The van der Waals surface area contributed by atoms with Crippen LogP contribution in [-0.4, -0.2) is 23.3 Å². The molecule has 7 heteroatoms. The fourth-order valence-corrected chi connectivity index (χ4v) is 1.78. The van der Waals surface area contributed by atoms with E-state index in [-0.39, 0.29) is 17.8 Å². The number of rotatable bonds is 7. The maximum absolute atomic E-state index is 13.5. The summed E-state index contributed by atoms with van der Waals surface area (Å²) < 4.78 is 56.8. The predicted octanol–water partition coefficient (Wildman–Crippen LogP) is 4.49. The van der Waals surface area contributed by atoms with Gasteiger partial charge in [-0.2, -0.15) is 13.2 Å². The van der Waals surface area contributed by atoms with Crippen LogP contribution in [0.15, 0.2) is 18.2 Å². The summed E-state index contributed by atoms with van der Waals surface area (Å²) in [5.74, 6) is -2.29. The van der Waals surface area contributed by atoms with E-state index in [1.54, 1.807) is 6.92 Å². The standard InChI is InChI=1S/C16H18F4O3/c1-4-5-12(21)9-14(22)10-6-11(17)8-13(7-10)23-15(2,3)16(18,19)20/h6-8H,4-5,9H2,1-3H3. The van der Waals surface area contributed by atoms with Gasteiger partial charge in [-0.1, -0.05) is 6.92 Å². The lowest BCUT2D eigenvalue weighted by Crippen LogP contribution is -2.44. The molecule has 0 fully saturated rings. The second-order valence-corrected chi connectivity index (χ2v) is 5.67. The molecule has 0 aromatic heterocycles. The third-order valence-electron chi connectivity index (χ3n) is 3.14. The van der Waals surface area contributed by atoms with Crippen LogP contribution < -0.4 is 4.74 Å². The van der Waals surface area contributed by atoms with Crippen molar-refractivity contribution in [2.45, 2.75) is 51.8 Å². The minimum Gasteiger partial charge on any atom is -0.478 e. The first-order valence-corrected chi connectivity index (χ1v) is 7.07. The number of benzene rings is 1. The zero-order valence-corrected chi connectivity index (χ0v) is 13.1. The number of hydrogen-bond acceptors (Lipinski definition) is 3. The Bertz CT molecular complexity index is 591. The Morgan fingerprint density at radius 1 is 1.13 bits per heavy atom. The molecule has 1 aromatic carbocycles. The van der Waals surface area contributed by atoms with Gasteiger partial charge in [-0.25, -0.2) is 4.39 Å². The highest BCUT2D eigenvalue weighted by Gasteiger charge is 2.49. The van der Waals surface area contributed by atoms with Crippen LogP contribution in [0.25, 0.3) is 0 Å². The number of carbonyl (C=O) groups excluding carboxylic acids is 2. The van der Waals surface area contributed by atoms with E-state index in [4.69, 9.17) is 4.74 Å². The highest BCUT2D eigenvalue weighted by molar-refractivity contribution is 6.08. The molecule has 0 aliphatic heterocycles. The van der Waals surface area contributed by atoms with Crippen molar-refractivity contribution in [3.8, 4) is 5.75 Å². The van der Waals surface area contributed by atoms with E-state index >= 15 is 0 Å². The van der Waals surface area contributed by atoms with Gasteiger partial charge in [0.05, 0.1) is 6.42 Å². The summed E-state index contributed by atoms with van der Waals surface area (Å²) in [4.78, 5) is 23.4. The van der Waals surface area contributed by atoms with Crippen molar-refractivity contribution in [1.29, 1.82) is 0 Å². The average molecular weight is 334 g/mol. The summed E-state index contributed by atoms with van der Waals surface area (Å²) in [6, 6.07) is 2.64. The summed E-state index contributed by atoms with van der Waals surface area (Å²) in [6.45, 7) is 3.37. The summed E-state index contributed by atoms with van der Waals surface area (Å²) in [5, 5.41) is 0. The molecule has 0 aliphatic rings. The molecule has 0 saturated carbocycles. The molecule has 0 bridgehead atoms. The second kappa shape index (κ2) is 7.10. The fraction of sp³-hybridized carbons (Fsp3) is 0.500. The van der Waals surface area contributed by atoms with Crippen molar-refractivity contribution in [3.63, 3.8) is 0 Å². The Morgan fingerprint density at radius 3 is 2.26 bits per heavy atom. The van der Waals surface area contributed by atoms with Crippen molar-refractivity contribution in [1.82, 2.24) is 0 Å². The van der Waals surface area contributed by atoms with Gasteiger partial charge >= 0.3 is 6.18 Å². The Hall–Kier alpha value is -1.92. The van der Waals surface area contributed by atoms with E-state index in [1.165, 1.54) is 0 Å². The highest BCUT2D eigenvalue weighted by atomic mass is 19.4. The van der Waals surface area contributed by atoms with Crippen molar-refractivity contribution >= 4 is 11.6 Å². The molecule has 0 amide bonds. The van der Waals surface area contributed by atoms with Gasteiger partial charge in [0.15, 0.2) is 11.4 Å². The largest absolute Gasteiger partial charge is 0.478 e. The third kappa shape index (κ3) is 5.33. The highest BCUT2D eigenvalue weighted by Crippen LogP contribution is 2.34. The molecular formula is C16H18F4O3. The molecule has 0 N–H and O–H groups in total. The van der Waals surface area contributed by atoms with Crippen LogP contribution in [0.3, 0.4) is 0 Å². The number of carbonyl (C=O) groups is 2. The molecule has 0 radical (unpaired) electrons. The average Bonchev–Trinajstić information content (AvgIpc) is 2.36. The van der Waals surface area contributed by atoms with E-state index in [0.717, 1.165) is 32.0 Å². The normalized spacial score (nSPS) is 12.1. The van der Waals surface area contributed by atoms with Gasteiger partial charge in [-0.05, 0) is 32.4 Å². The molecule has 0 saturated heterocycles. The molecule has 1 rings (SSSR count). The Labute approximate surface area is 131 Å². The van der Waals surface area contributed by atoms with Gasteiger partial charge < -0.3 is 4.74 Å². The van der Waals surface area contributed by atoms with Crippen molar-refractivity contribution in [3.05, 3.63) is 29.6 Å². The molecular weight excluding hydrogens is 316 g/mol. The monoisotopic (exact) mass is 334 g/mol.